The maximum absolute atomic E-state index is 12.6. The van der Waals surface area contributed by atoms with Gasteiger partial charge < -0.3 is 15.0 Å². The van der Waals surface area contributed by atoms with Crippen LogP contribution in [-0.4, -0.2) is 45.1 Å². The van der Waals surface area contributed by atoms with Gasteiger partial charge in [0.05, 0.1) is 11.0 Å². The number of sulfonamides is 1. The fourth-order valence-corrected chi connectivity index (χ4v) is 4.76. The summed E-state index contributed by atoms with van der Waals surface area (Å²) in [6, 6.07) is 14.1. The predicted octanol–water partition coefficient (Wildman–Crippen LogP) is 2.60. The number of para-hydroxylation sites is 1. The molecule has 1 atom stereocenters. The summed E-state index contributed by atoms with van der Waals surface area (Å²) in [7, 11) is -3.70. The van der Waals surface area contributed by atoms with Crippen LogP contribution in [0.2, 0.25) is 0 Å². The molecule has 7 nitrogen and oxygen atoms in total. The summed E-state index contributed by atoms with van der Waals surface area (Å²) in [6.07, 6.45) is 4.33. The van der Waals surface area contributed by atoms with Crippen LogP contribution in [0.5, 0.6) is 0 Å². The van der Waals surface area contributed by atoms with E-state index in [9.17, 15) is 13.2 Å². The minimum atomic E-state index is -3.70. The average molecular weight is 428 g/mol. The van der Waals surface area contributed by atoms with Crippen molar-refractivity contribution in [3.05, 3.63) is 65.9 Å². The number of hydrogen-bond acceptors (Lipinski definition) is 4. The molecule has 1 aromatic heterocycles. The van der Waals surface area contributed by atoms with Crippen molar-refractivity contribution in [2.24, 2.45) is 0 Å². The smallest absolute Gasteiger partial charge is 0.251 e. The van der Waals surface area contributed by atoms with Crippen LogP contribution in [-0.2, 0) is 21.2 Å². The molecule has 2 heterocycles. The highest BCUT2D eigenvalue weighted by Crippen LogP contribution is 2.18. The molecular formula is C22H25N3O4S. The second-order valence-corrected chi connectivity index (χ2v) is 9.15. The van der Waals surface area contributed by atoms with Crippen LogP contribution in [0.4, 0.5) is 0 Å². The van der Waals surface area contributed by atoms with Gasteiger partial charge in [-0.3, -0.25) is 4.79 Å². The number of rotatable bonds is 8. The molecule has 1 amide bonds. The van der Waals surface area contributed by atoms with E-state index in [1.54, 1.807) is 12.1 Å². The lowest BCUT2D eigenvalue weighted by Gasteiger charge is -2.12. The zero-order valence-electron chi connectivity index (χ0n) is 16.6. The molecule has 30 heavy (non-hydrogen) atoms. The van der Waals surface area contributed by atoms with E-state index in [0.29, 0.717) is 25.1 Å². The summed E-state index contributed by atoms with van der Waals surface area (Å²) in [5.74, 6) is -0.300. The zero-order valence-corrected chi connectivity index (χ0v) is 17.4. The van der Waals surface area contributed by atoms with Crippen LogP contribution < -0.4 is 10.0 Å². The molecule has 158 valence electrons. The van der Waals surface area contributed by atoms with Gasteiger partial charge in [0.1, 0.15) is 0 Å². The maximum Gasteiger partial charge on any atom is 0.251 e. The molecule has 2 aromatic carbocycles. The lowest BCUT2D eigenvalue weighted by molar-refractivity contribution is 0.0954. The summed E-state index contributed by atoms with van der Waals surface area (Å²) in [6.45, 7) is 1.36. The van der Waals surface area contributed by atoms with Crippen LogP contribution in [0, 0.1) is 0 Å². The Bertz CT molecular complexity index is 1130. The molecule has 8 heteroatoms. The normalized spacial score (nSPS) is 16.7. The van der Waals surface area contributed by atoms with Gasteiger partial charge in [-0.15, -0.1) is 0 Å². The number of hydrogen-bond donors (Lipinski definition) is 3. The first-order chi connectivity index (χ1) is 14.5. The number of carbonyl (C=O) groups excluding carboxylic acids is 1. The topological polar surface area (TPSA) is 100 Å². The molecule has 4 rings (SSSR count). The zero-order chi connectivity index (χ0) is 21.0. The van der Waals surface area contributed by atoms with Crippen LogP contribution in [0.25, 0.3) is 10.9 Å². The Morgan fingerprint density at radius 2 is 2.03 bits per heavy atom. The highest BCUT2D eigenvalue weighted by molar-refractivity contribution is 7.89. The van der Waals surface area contributed by atoms with E-state index in [1.165, 1.54) is 12.1 Å². The van der Waals surface area contributed by atoms with Gasteiger partial charge in [-0.05, 0) is 49.1 Å². The van der Waals surface area contributed by atoms with Crippen molar-refractivity contribution in [3.63, 3.8) is 0 Å². The monoisotopic (exact) mass is 427 g/mol. The number of benzene rings is 2. The Morgan fingerprint density at radius 1 is 1.17 bits per heavy atom. The Labute approximate surface area is 175 Å². The van der Waals surface area contributed by atoms with E-state index in [1.807, 2.05) is 30.5 Å². The van der Waals surface area contributed by atoms with Crippen LogP contribution in [0.3, 0.4) is 0 Å². The number of amides is 1. The number of fused-ring (bicyclic) bond motifs is 1. The number of nitrogens with one attached hydrogen (secondary N) is 3. The highest BCUT2D eigenvalue weighted by atomic mass is 32.2. The standard InChI is InChI=1S/C22H25N3O4S/c26-22(23-11-10-17-14-24-21-9-2-1-8-20(17)21)16-5-3-7-19(13-16)30(27,28)25-15-18-6-4-12-29-18/h1-3,5,7-9,13-14,18,24-25H,4,6,10-12,15H2,(H,23,26)/t18-/m1/s1. The van der Waals surface area contributed by atoms with E-state index < -0.39 is 10.0 Å². The third-order valence-corrected chi connectivity index (χ3v) is 6.71. The minimum absolute atomic E-state index is 0.0739. The summed E-state index contributed by atoms with van der Waals surface area (Å²) < 4.78 is 33.1. The first-order valence-corrected chi connectivity index (χ1v) is 11.6. The molecule has 1 aliphatic heterocycles. The van der Waals surface area contributed by atoms with Gasteiger partial charge in [-0.1, -0.05) is 24.3 Å². The van der Waals surface area contributed by atoms with E-state index in [2.05, 4.69) is 15.0 Å². The Morgan fingerprint density at radius 3 is 2.87 bits per heavy atom. The molecule has 0 spiro atoms. The number of aromatic amines is 1. The van der Waals surface area contributed by atoms with Gasteiger partial charge in [0, 0.05) is 42.4 Å². The number of carbonyl (C=O) groups is 1. The summed E-state index contributed by atoms with van der Waals surface area (Å²) in [4.78, 5) is 15.8. The average Bonchev–Trinajstić information content (AvgIpc) is 3.43. The molecule has 0 radical (unpaired) electrons. The molecular weight excluding hydrogens is 402 g/mol. The van der Waals surface area contributed by atoms with E-state index >= 15 is 0 Å². The predicted molar refractivity (Wildman–Crippen MR) is 115 cm³/mol. The summed E-state index contributed by atoms with van der Waals surface area (Å²) >= 11 is 0. The van der Waals surface area contributed by atoms with Crippen molar-refractivity contribution in [1.29, 1.82) is 0 Å². The minimum Gasteiger partial charge on any atom is -0.377 e. The van der Waals surface area contributed by atoms with Crippen molar-refractivity contribution >= 4 is 26.8 Å². The Hall–Kier alpha value is -2.68. The maximum atomic E-state index is 12.6. The van der Waals surface area contributed by atoms with Crippen LogP contribution >= 0.6 is 0 Å². The van der Waals surface area contributed by atoms with Gasteiger partial charge in [0.15, 0.2) is 0 Å². The van der Waals surface area contributed by atoms with Gasteiger partial charge >= 0.3 is 0 Å². The molecule has 3 N–H and O–H groups in total. The first-order valence-electron chi connectivity index (χ1n) is 10.1. The SMILES string of the molecule is O=C(NCCc1c[nH]c2ccccc12)c1cccc(S(=O)(=O)NC[C@H]2CCCO2)c1. The van der Waals surface area contributed by atoms with Crippen LogP contribution in [0.15, 0.2) is 59.6 Å². The molecule has 1 fully saturated rings. The third kappa shape index (κ3) is 4.72. The second kappa shape index (κ2) is 8.99. The lowest BCUT2D eigenvalue weighted by Crippen LogP contribution is -2.32. The number of ether oxygens (including phenoxy) is 1. The largest absolute Gasteiger partial charge is 0.377 e. The van der Waals surface area contributed by atoms with Crippen molar-refractivity contribution < 1.29 is 17.9 Å². The summed E-state index contributed by atoms with van der Waals surface area (Å²) in [5, 5.41) is 4.01. The lowest BCUT2D eigenvalue weighted by atomic mass is 10.1. The van der Waals surface area contributed by atoms with Gasteiger partial charge in [0.2, 0.25) is 10.0 Å². The van der Waals surface area contributed by atoms with Crippen molar-refractivity contribution in [2.75, 3.05) is 19.7 Å². The van der Waals surface area contributed by atoms with E-state index in [0.717, 1.165) is 29.3 Å². The van der Waals surface area contributed by atoms with Crippen molar-refractivity contribution in [2.45, 2.75) is 30.3 Å². The van der Waals surface area contributed by atoms with Gasteiger partial charge in [-0.25, -0.2) is 13.1 Å². The van der Waals surface area contributed by atoms with E-state index in [4.69, 9.17) is 4.74 Å². The Kier molecular flexibility index (Phi) is 6.17. The van der Waals surface area contributed by atoms with Crippen molar-refractivity contribution in [1.82, 2.24) is 15.0 Å². The number of aromatic nitrogens is 1. The molecule has 0 saturated carbocycles. The highest BCUT2D eigenvalue weighted by Gasteiger charge is 2.21. The molecule has 1 aliphatic rings. The van der Waals surface area contributed by atoms with Gasteiger partial charge in [0.25, 0.3) is 5.91 Å². The Balaban J connectivity index is 1.36. The number of H-pyrrole nitrogens is 1. The third-order valence-electron chi connectivity index (χ3n) is 5.29. The fourth-order valence-electron chi connectivity index (χ4n) is 3.65. The molecule has 3 aromatic rings. The molecule has 0 unspecified atom stereocenters. The second-order valence-electron chi connectivity index (χ2n) is 7.38. The molecule has 1 saturated heterocycles. The first kappa shape index (κ1) is 20.6. The van der Waals surface area contributed by atoms with Gasteiger partial charge in [-0.2, -0.15) is 0 Å². The van der Waals surface area contributed by atoms with Crippen LogP contribution in [0.1, 0.15) is 28.8 Å². The molecule has 0 aliphatic carbocycles. The summed E-state index contributed by atoms with van der Waals surface area (Å²) in [5.41, 5.74) is 2.50. The van der Waals surface area contributed by atoms with Crippen molar-refractivity contribution in [3.8, 4) is 0 Å². The quantitative estimate of drug-likeness (QED) is 0.514. The fraction of sp³-hybridized carbons (Fsp3) is 0.318. The van der Waals surface area contributed by atoms with E-state index in [-0.39, 0.29) is 23.5 Å². The molecule has 0 bridgehead atoms.